The molecule has 0 heterocycles. The highest BCUT2D eigenvalue weighted by Crippen LogP contribution is 2.17. The Morgan fingerprint density at radius 1 is 1.33 bits per heavy atom. The third-order valence-corrected chi connectivity index (χ3v) is 4.11. The third-order valence-electron chi connectivity index (χ3n) is 2.11. The van der Waals surface area contributed by atoms with Gasteiger partial charge in [0.2, 0.25) is 10.0 Å². The van der Waals surface area contributed by atoms with Gasteiger partial charge in [0.1, 0.15) is 0 Å². The number of hydrogen-bond donors (Lipinski definition) is 1. The molecule has 0 fully saturated rings. The SMILES string of the molecule is CCS(=O)(=O)N[C@@H](C)c1ccc(Br)cc1. The van der Waals surface area contributed by atoms with E-state index in [9.17, 15) is 8.42 Å². The standard InChI is InChI=1S/C10H14BrNO2S/c1-3-15(13,14)12-8(2)9-4-6-10(11)7-5-9/h4-8,12H,3H2,1-2H3/t8-/m0/s1. The molecule has 5 heteroatoms. The fraction of sp³-hybridized carbons (Fsp3) is 0.400. The molecule has 0 aliphatic heterocycles. The van der Waals surface area contributed by atoms with E-state index in [4.69, 9.17) is 0 Å². The molecule has 0 aromatic heterocycles. The van der Waals surface area contributed by atoms with Crippen molar-refractivity contribution in [1.29, 1.82) is 0 Å². The minimum Gasteiger partial charge on any atom is -0.212 e. The van der Waals surface area contributed by atoms with Gasteiger partial charge in [-0.15, -0.1) is 0 Å². The van der Waals surface area contributed by atoms with Crippen molar-refractivity contribution in [2.45, 2.75) is 19.9 Å². The van der Waals surface area contributed by atoms with E-state index in [0.29, 0.717) is 0 Å². The van der Waals surface area contributed by atoms with Crippen LogP contribution in [0, 0.1) is 0 Å². The van der Waals surface area contributed by atoms with Gasteiger partial charge in [-0.25, -0.2) is 13.1 Å². The summed E-state index contributed by atoms with van der Waals surface area (Å²) in [6, 6.07) is 7.39. The minimum absolute atomic E-state index is 0.105. The largest absolute Gasteiger partial charge is 0.212 e. The van der Waals surface area contributed by atoms with Crippen molar-refractivity contribution < 1.29 is 8.42 Å². The number of rotatable bonds is 4. The summed E-state index contributed by atoms with van der Waals surface area (Å²) in [6.45, 7) is 3.45. The summed E-state index contributed by atoms with van der Waals surface area (Å²) in [4.78, 5) is 0. The average molecular weight is 292 g/mol. The lowest BCUT2D eigenvalue weighted by atomic mass is 10.1. The van der Waals surface area contributed by atoms with Crippen LogP contribution in [0.15, 0.2) is 28.7 Å². The summed E-state index contributed by atoms with van der Waals surface area (Å²) >= 11 is 3.33. The Morgan fingerprint density at radius 3 is 2.33 bits per heavy atom. The lowest BCUT2D eigenvalue weighted by Crippen LogP contribution is -2.28. The van der Waals surface area contributed by atoms with Gasteiger partial charge in [-0.1, -0.05) is 28.1 Å². The Kier molecular flexibility index (Phi) is 4.31. The Bertz CT molecular complexity index is 414. The maximum atomic E-state index is 11.3. The zero-order chi connectivity index (χ0) is 11.5. The average Bonchev–Trinajstić information content (AvgIpc) is 2.18. The van der Waals surface area contributed by atoms with Crippen LogP contribution >= 0.6 is 15.9 Å². The van der Waals surface area contributed by atoms with Crippen LogP contribution in [0.5, 0.6) is 0 Å². The molecule has 0 unspecified atom stereocenters. The molecule has 0 saturated carbocycles. The molecule has 0 spiro atoms. The Morgan fingerprint density at radius 2 is 1.87 bits per heavy atom. The summed E-state index contributed by atoms with van der Waals surface area (Å²) < 4.78 is 26.2. The third kappa shape index (κ3) is 3.93. The van der Waals surface area contributed by atoms with Crippen molar-refractivity contribution in [1.82, 2.24) is 4.72 Å². The van der Waals surface area contributed by atoms with Crippen LogP contribution in [0.1, 0.15) is 25.5 Å². The Labute approximate surface area is 99.1 Å². The molecule has 0 radical (unpaired) electrons. The van der Waals surface area contributed by atoms with E-state index in [1.807, 2.05) is 31.2 Å². The number of sulfonamides is 1. The summed E-state index contributed by atoms with van der Waals surface area (Å²) in [5, 5.41) is 0. The first-order valence-electron chi connectivity index (χ1n) is 4.70. The number of nitrogens with one attached hydrogen (secondary N) is 1. The lowest BCUT2D eigenvalue weighted by Gasteiger charge is -2.13. The molecule has 1 aromatic rings. The van der Waals surface area contributed by atoms with Crippen molar-refractivity contribution in [2.24, 2.45) is 0 Å². The van der Waals surface area contributed by atoms with Gasteiger partial charge in [0.05, 0.1) is 5.75 Å². The predicted octanol–water partition coefficient (Wildman–Crippen LogP) is 2.45. The quantitative estimate of drug-likeness (QED) is 0.926. The maximum absolute atomic E-state index is 11.3. The molecule has 0 bridgehead atoms. The normalized spacial score (nSPS) is 13.8. The molecule has 0 saturated heterocycles. The molecule has 1 rings (SSSR count). The summed E-state index contributed by atoms with van der Waals surface area (Å²) in [5.74, 6) is 0.105. The molecular formula is C10H14BrNO2S. The van der Waals surface area contributed by atoms with E-state index in [1.54, 1.807) is 6.92 Å². The summed E-state index contributed by atoms with van der Waals surface area (Å²) in [6.07, 6.45) is 0. The van der Waals surface area contributed by atoms with Gasteiger partial charge in [-0.3, -0.25) is 0 Å². The molecule has 1 atom stereocenters. The molecule has 0 aliphatic carbocycles. The highest BCUT2D eigenvalue weighted by Gasteiger charge is 2.12. The van der Waals surface area contributed by atoms with E-state index in [-0.39, 0.29) is 11.8 Å². The van der Waals surface area contributed by atoms with Crippen molar-refractivity contribution >= 4 is 26.0 Å². The van der Waals surface area contributed by atoms with Crippen LogP contribution in [0.4, 0.5) is 0 Å². The fourth-order valence-electron chi connectivity index (χ4n) is 1.17. The maximum Gasteiger partial charge on any atom is 0.211 e. The monoisotopic (exact) mass is 291 g/mol. The van der Waals surface area contributed by atoms with Gasteiger partial charge < -0.3 is 0 Å². The zero-order valence-electron chi connectivity index (χ0n) is 8.70. The first-order valence-corrected chi connectivity index (χ1v) is 7.14. The first-order chi connectivity index (χ1) is 6.94. The van der Waals surface area contributed by atoms with E-state index in [0.717, 1.165) is 10.0 Å². The first kappa shape index (κ1) is 12.7. The van der Waals surface area contributed by atoms with E-state index >= 15 is 0 Å². The molecule has 0 amide bonds. The van der Waals surface area contributed by atoms with Crippen LogP contribution in [0.2, 0.25) is 0 Å². The van der Waals surface area contributed by atoms with Gasteiger partial charge in [0.25, 0.3) is 0 Å². The Hall–Kier alpha value is -0.390. The van der Waals surface area contributed by atoms with Crippen molar-refractivity contribution in [3.63, 3.8) is 0 Å². The Balaban J connectivity index is 2.78. The lowest BCUT2D eigenvalue weighted by molar-refractivity contribution is 0.568. The van der Waals surface area contributed by atoms with Gasteiger partial charge in [0.15, 0.2) is 0 Å². The highest BCUT2D eigenvalue weighted by molar-refractivity contribution is 9.10. The van der Waals surface area contributed by atoms with Crippen LogP contribution in [-0.2, 0) is 10.0 Å². The second kappa shape index (κ2) is 5.09. The van der Waals surface area contributed by atoms with Crippen molar-refractivity contribution in [2.75, 3.05) is 5.75 Å². The summed E-state index contributed by atoms with van der Waals surface area (Å²) in [5.41, 5.74) is 0.954. The smallest absolute Gasteiger partial charge is 0.211 e. The molecule has 15 heavy (non-hydrogen) atoms. The van der Waals surface area contributed by atoms with Crippen LogP contribution in [0.25, 0.3) is 0 Å². The van der Waals surface area contributed by atoms with Crippen LogP contribution in [-0.4, -0.2) is 14.2 Å². The van der Waals surface area contributed by atoms with Gasteiger partial charge >= 0.3 is 0 Å². The topological polar surface area (TPSA) is 46.2 Å². The number of hydrogen-bond acceptors (Lipinski definition) is 2. The minimum atomic E-state index is -3.14. The number of halogens is 1. The second-order valence-electron chi connectivity index (χ2n) is 3.29. The second-order valence-corrected chi connectivity index (χ2v) is 6.25. The van der Waals surface area contributed by atoms with E-state index in [1.165, 1.54) is 0 Å². The highest BCUT2D eigenvalue weighted by atomic mass is 79.9. The molecule has 1 N–H and O–H groups in total. The van der Waals surface area contributed by atoms with Crippen LogP contribution in [0.3, 0.4) is 0 Å². The van der Waals surface area contributed by atoms with Gasteiger partial charge in [-0.05, 0) is 31.5 Å². The number of benzene rings is 1. The molecule has 3 nitrogen and oxygen atoms in total. The van der Waals surface area contributed by atoms with E-state index < -0.39 is 10.0 Å². The van der Waals surface area contributed by atoms with Crippen molar-refractivity contribution in [3.05, 3.63) is 34.3 Å². The van der Waals surface area contributed by atoms with Gasteiger partial charge in [-0.2, -0.15) is 0 Å². The summed E-state index contributed by atoms with van der Waals surface area (Å²) in [7, 11) is -3.14. The zero-order valence-corrected chi connectivity index (χ0v) is 11.1. The van der Waals surface area contributed by atoms with Crippen molar-refractivity contribution in [3.8, 4) is 0 Å². The van der Waals surface area contributed by atoms with Crippen LogP contribution < -0.4 is 4.72 Å². The van der Waals surface area contributed by atoms with E-state index in [2.05, 4.69) is 20.7 Å². The molecule has 84 valence electrons. The molecule has 0 aliphatic rings. The predicted molar refractivity (Wildman–Crippen MR) is 65.2 cm³/mol. The van der Waals surface area contributed by atoms with Gasteiger partial charge in [0, 0.05) is 10.5 Å². The molecule has 1 aromatic carbocycles. The molecular weight excluding hydrogens is 278 g/mol. The fourth-order valence-corrected chi connectivity index (χ4v) is 2.28.